The van der Waals surface area contributed by atoms with Crippen molar-refractivity contribution in [2.45, 2.75) is 13.1 Å². The van der Waals surface area contributed by atoms with Gasteiger partial charge in [0.2, 0.25) is 5.91 Å². The molecule has 2 rings (SSSR count). The van der Waals surface area contributed by atoms with Crippen molar-refractivity contribution in [2.24, 2.45) is 0 Å². The maximum absolute atomic E-state index is 11.5. The first kappa shape index (κ1) is 12.9. The largest absolute Gasteiger partial charge is 0.353 e. The third-order valence-corrected chi connectivity index (χ3v) is 2.56. The second kappa shape index (κ2) is 5.88. The molecule has 0 aliphatic heterocycles. The van der Waals surface area contributed by atoms with Crippen LogP contribution in [0.15, 0.2) is 24.8 Å². The Balaban J connectivity index is 1.72. The molecule has 8 heteroatoms. The van der Waals surface area contributed by atoms with Gasteiger partial charge in [-0.2, -0.15) is 10.2 Å². The lowest BCUT2D eigenvalue weighted by molar-refractivity contribution is -0.121. The van der Waals surface area contributed by atoms with Gasteiger partial charge in [0.15, 0.2) is 0 Å². The fourth-order valence-corrected chi connectivity index (χ4v) is 1.71. The number of nitrogens with one attached hydrogen (secondary N) is 1. The highest BCUT2D eigenvalue weighted by molar-refractivity contribution is 6.30. The molecule has 6 nitrogen and oxygen atoms in total. The number of hydrogen-bond donors (Lipinski definition) is 1. The van der Waals surface area contributed by atoms with Crippen LogP contribution in [0.3, 0.4) is 0 Å². The monoisotopic (exact) mass is 287 g/mol. The maximum Gasteiger partial charge on any atom is 0.241 e. The van der Waals surface area contributed by atoms with E-state index in [9.17, 15) is 4.79 Å². The molecule has 18 heavy (non-hydrogen) atoms. The van der Waals surface area contributed by atoms with E-state index in [0.29, 0.717) is 23.1 Å². The van der Waals surface area contributed by atoms with Gasteiger partial charge in [0.25, 0.3) is 0 Å². The second-order valence-corrected chi connectivity index (χ2v) is 4.50. The van der Waals surface area contributed by atoms with E-state index in [0.717, 1.165) is 0 Å². The van der Waals surface area contributed by atoms with Crippen LogP contribution in [0.4, 0.5) is 0 Å². The summed E-state index contributed by atoms with van der Waals surface area (Å²) in [6.45, 7) is 1.19. The molecule has 2 aromatic rings. The summed E-state index contributed by atoms with van der Waals surface area (Å²) < 4.78 is 3.13. The number of aromatic nitrogens is 4. The normalized spacial score (nSPS) is 10.6. The van der Waals surface area contributed by atoms with Crippen LogP contribution >= 0.6 is 23.2 Å². The zero-order valence-corrected chi connectivity index (χ0v) is 10.9. The minimum absolute atomic E-state index is 0.131. The Labute approximate surface area is 113 Å². The Morgan fingerprint density at radius 1 is 1.17 bits per heavy atom. The van der Waals surface area contributed by atoms with E-state index in [2.05, 4.69) is 15.5 Å². The van der Waals surface area contributed by atoms with Gasteiger partial charge in [-0.05, 0) is 0 Å². The Morgan fingerprint density at radius 2 is 1.78 bits per heavy atom. The Hall–Kier alpha value is -1.53. The Bertz CT molecular complexity index is 536. The number of hydrogen-bond acceptors (Lipinski definition) is 3. The summed E-state index contributed by atoms with van der Waals surface area (Å²) in [6.07, 6.45) is 6.32. The Kier molecular flexibility index (Phi) is 4.22. The van der Waals surface area contributed by atoms with Crippen LogP contribution in [0, 0.1) is 0 Å². The summed E-state index contributed by atoms with van der Waals surface area (Å²) in [7, 11) is 0. The number of amides is 1. The molecule has 1 amide bonds. The van der Waals surface area contributed by atoms with Crippen LogP contribution in [0.5, 0.6) is 0 Å². The fraction of sp³-hybridized carbons (Fsp3) is 0.300. The van der Waals surface area contributed by atoms with Crippen molar-refractivity contribution in [1.82, 2.24) is 24.9 Å². The third-order valence-electron chi connectivity index (χ3n) is 2.17. The lowest BCUT2D eigenvalue weighted by Crippen LogP contribution is -2.30. The van der Waals surface area contributed by atoms with Crippen molar-refractivity contribution in [3.63, 3.8) is 0 Å². The van der Waals surface area contributed by atoms with Crippen LogP contribution < -0.4 is 5.32 Å². The van der Waals surface area contributed by atoms with Crippen molar-refractivity contribution >= 4 is 29.1 Å². The molecule has 0 fully saturated rings. The van der Waals surface area contributed by atoms with Crippen LogP contribution in [0.25, 0.3) is 0 Å². The van der Waals surface area contributed by atoms with Crippen LogP contribution in [-0.2, 0) is 17.9 Å². The molecule has 0 aliphatic rings. The van der Waals surface area contributed by atoms with Crippen molar-refractivity contribution in [1.29, 1.82) is 0 Å². The van der Waals surface area contributed by atoms with Crippen LogP contribution in [0.2, 0.25) is 10.0 Å². The molecule has 2 heterocycles. The second-order valence-electron chi connectivity index (χ2n) is 3.63. The quantitative estimate of drug-likeness (QED) is 0.899. The average Bonchev–Trinajstić information content (AvgIpc) is 2.88. The summed E-state index contributed by atoms with van der Waals surface area (Å²) in [5, 5.41) is 11.7. The van der Waals surface area contributed by atoms with Gasteiger partial charge in [0.05, 0.1) is 29.0 Å². The highest BCUT2D eigenvalue weighted by Crippen LogP contribution is 2.04. The molecule has 0 radical (unpaired) electrons. The first-order valence-corrected chi connectivity index (χ1v) is 6.02. The van der Waals surface area contributed by atoms with Crippen molar-refractivity contribution in [3.05, 3.63) is 34.8 Å². The van der Waals surface area contributed by atoms with Crippen LogP contribution in [-0.4, -0.2) is 32.0 Å². The minimum Gasteiger partial charge on any atom is -0.353 e. The van der Waals surface area contributed by atoms with Gasteiger partial charge in [-0.25, -0.2) is 0 Å². The third kappa shape index (κ3) is 3.75. The first-order valence-electron chi connectivity index (χ1n) is 5.26. The molecular weight excluding hydrogens is 277 g/mol. The Morgan fingerprint density at radius 3 is 2.33 bits per heavy atom. The van der Waals surface area contributed by atoms with Crippen molar-refractivity contribution in [2.75, 3.05) is 6.54 Å². The topological polar surface area (TPSA) is 64.7 Å². The summed E-state index contributed by atoms with van der Waals surface area (Å²) in [4.78, 5) is 11.5. The predicted octanol–water partition coefficient (Wildman–Crippen LogP) is 1.20. The van der Waals surface area contributed by atoms with Gasteiger partial charge in [0.1, 0.15) is 6.54 Å². The van der Waals surface area contributed by atoms with E-state index in [1.807, 2.05) is 0 Å². The van der Waals surface area contributed by atoms with E-state index in [1.165, 1.54) is 10.9 Å². The average molecular weight is 288 g/mol. The minimum atomic E-state index is -0.131. The number of nitrogens with zero attached hydrogens (tertiary/aromatic N) is 4. The summed E-state index contributed by atoms with van der Waals surface area (Å²) in [5.41, 5.74) is 0. The molecule has 0 unspecified atom stereocenters. The zero-order valence-electron chi connectivity index (χ0n) is 9.38. The number of carbonyl (C=O) groups excluding carboxylic acids is 1. The number of rotatable bonds is 5. The van der Waals surface area contributed by atoms with Gasteiger partial charge in [-0.15, -0.1) is 0 Å². The lowest BCUT2D eigenvalue weighted by atomic mass is 10.5. The van der Waals surface area contributed by atoms with E-state index in [-0.39, 0.29) is 12.5 Å². The summed E-state index contributed by atoms with van der Waals surface area (Å²) >= 11 is 11.4. The fourth-order valence-electron chi connectivity index (χ4n) is 1.40. The SMILES string of the molecule is O=C(Cn1cc(Cl)cn1)NCCn1cc(Cl)cn1. The van der Waals surface area contributed by atoms with Crippen LogP contribution in [0.1, 0.15) is 0 Å². The summed E-state index contributed by atoms with van der Waals surface area (Å²) in [6, 6.07) is 0. The van der Waals surface area contributed by atoms with Crippen molar-refractivity contribution < 1.29 is 4.79 Å². The van der Waals surface area contributed by atoms with Gasteiger partial charge in [-0.1, -0.05) is 23.2 Å². The molecule has 0 saturated heterocycles. The molecular formula is C10H11Cl2N5O. The highest BCUT2D eigenvalue weighted by atomic mass is 35.5. The molecule has 1 N–H and O–H groups in total. The van der Waals surface area contributed by atoms with Gasteiger partial charge < -0.3 is 5.32 Å². The van der Waals surface area contributed by atoms with E-state index >= 15 is 0 Å². The number of carbonyl (C=O) groups is 1. The van der Waals surface area contributed by atoms with Gasteiger partial charge in [-0.3, -0.25) is 14.2 Å². The molecule has 2 aromatic heterocycles. The standard InChI is InChI=1S/C10H11Cl2N5O/c11-8-3-14-16(5-8)2-1-13-10(18)7-17-6-9(12)4-15-17/h3-6H,1-2,7H2,(H,13,18). The maximum atomic E-state index is 11.5. The molecule has 0 bridgehead atoms. The van der Waals surface area contributed by atoms with Gasteiger partial charge >= 0.3 is 0 Å². The summed E-state index contributed by atoms with van der Waals surface area (Å²) in [5.74, 6) is -0.131. The predicted molar refractivity (Wildman–Crippen MR) is 67.5 cm³/mol. The molecule has 96 valence electrons. The molecule has 0 aliphatic carbocycles. The first-order chi connectivity index (χ1) is 8.63. The number of halogens is 2. The molecule has 0 atom stereocenters. The highest BCUT2D eigenvalue weighted by Gasteiger charge is 2.03. The van der Waals surface area contributed by atoms with Gasteiger partial charge in [0, 0.05) is 18.9 Å². The molecule has 0 aromatic carbocycles. The lowest BCUT2D eigenvalue weighted by Gasteiger charge is -2.05. The zero-order chi connectivity index (χ0) is 13.0. The molecule has 0 saturated carbocycles. The molecule has 0 spiro atoms. The van der Waals surface area contributed by atoms with E-state index in [4.69, 9.17) is 23.2 Å². The van der Waals surface area contributed by atoms with Crippen molar-refractivity contribution in [3.8, 4) is 0 Å². The smallest absolute Gasteiger partial charge is 0.241 e. The van der Waals surface area contributed by atoms with E-state index < -0.39 is 0 Å². The van der Waals surface area contributed by atoms with E-state index in [1.54, 1.807) is 23.3 Å².